The van der Waals surface area contributed by atoms with Gasteiger partial charge < -0.3 is 24.6 Å². The van der Waals surface area contributed by atoms with E-state index in [9.17, 15) is 41.4 Å². The van der Waals surface area contributed by atoms with Gasteiger partial charge in [0.15, 0.2) is 0 Å². The highest BCUT2D eigenvalue weighted by atomic mass is 19.4. The summed E-state index contributed by atoms with van der Waals surface area (Å²) in [5.74, 6) is -5.74. The first-order chi connectivity index (χ1) is 23.1. The Kier molecular flexibility index (Phi) is 9.99. The lowest BCUT2D eigenvalue weighted by Crippen LogP contribution is -2.46. The van der Waals surface area contributed by atoms with Crippen LogP contribution in [0.25, 0.3) is 22.0 Å². The van der Waals surface area contributed by atoms with Crippen LogP contribution in [0.2, 0.25) is 0 Å². The van der Waals surface area contributed by atoms with Crippen LogP contribution in [-0.4, -0.2) is 64.8 Å². The van der Waals surface area contributed by atoms with Crippen molar-refractivity contribution in [1.29, 1.82) is 0 Å². The highest BCUT2D eigenvalue weighted by molar-refractivity contribution is 5.99. The standard InChI is InChI=1S/C33H29F7N4O5/c1-16-10-22(33(38,39)40)27(31(46)43(16)2)21-6-5-17(20-4-3-7-41-29(20)21)11-25(32(47)48)42-30(45)28-23(34)12-18(13-24(28)35)44-8-9-49-15-19(44)14-26(36)37/h3-7,10,12-13,19,25-26H,8-9,11,14-15H2,1-2H3,(H,42,45)(H,47,48). The summed E-state index contributed by atoms with van der Waals surface area (Å²) < 4.78 is 105. The minimum atomic E-state index is -4.90. The molecule has 2 aromatic heterocycles. The molecule has 9 nitrogen and oxygen atoms in total. The number of hydrogen-bond donors (Lipinski definition) is 2. The van der Waals surface area contributed by atoms with Gasteiger partial charge in [0.25, 0.3) is 11.5 Å². The molecule has 1 aliphatic rings. The number of fused-ring (bicyclic) bond motifs is 1. The van der Waals surface area contributed by atoms with E-state index in [1.807, 2.05) is 0 Å². The maximum Gasteiger partial charge on any atom is 0.417 e. The number of aryl methyl sites for hydroxylation is 1. The van der Waals surface area contributed by atoms with Crippen molar-refractivity contribution in [1.82, 2.24) is 14.9 Å². The molecule has 0 aliphatic carbocycles. The first-order valence-corrected chi connectivity index (χ1v) is 14.9. The zero-order valence-corrected chi connectivity index (χ0v) is 26.0. The summed E-state index contributed by atoms with van der Waals surface area (Å²) in [6.07, 6.45) is -7.45. The molecule has 1 saturated heterocycles. The zero-order chi connectivity index (χ0) is 35.8. The second-order valence-corrected chi connectivity index (χ2v) is 11.5. The molecule has 2 aromatic carbocycles. The van der Waals surface area contributed by atoms with Crippen LogP contribution < -0.4 is 15.8 Å². The van der Waals surface area contributed by atoms with Gasteiger partial charge in [0.05, 0.1) is 35.9 Å². The Morgan fingerprint density at radius 1 is 1.12 bits per heavy atom. The number of morpholine rings is 1. The third kappa shape index (κ3) is 7.23. The molecule has 1 amide bonds. The number of carboxylic acids is 1. The van der Waals surface area contributed by atoms with Gasteiger partial charge in [-0.2, -0.15) is 13.2 Å². The van der Waals surface area contributed by atoms with Gasteiger partial charge in [0.2, 0.25) is 6.43 Å². The second kappa shape index (κ2) is 13.9. The monoisotopic (exact) mass is 694 g/mol. The number of alkyl halides is 5. The Hall–Kier alpha value is -4.99. The van der Waals surface area contributed by atoms with Crippen LogP contribution in [0.5, 0.6) is 0 Å². The van der Waals surface area contributed by atoms with Crippen LogP contribution in [0.15, 0.2) is 53.5 Å². The molecule has 0 radical (unpaired) electrons. The number of aliphatic carboxylic acids is 1. The fraction of sp³-hybridized carbons (Fsp3) is 0.333. The van der Waals surface area contributed by atoms with Crippen LogP contribution in [0, 0.1) is 18.6 Å². The molecular formula is C33H29F7N4O5. The van der Waals surface area contributed by atoms with Crippen molar-refractivity contribution in [3.8, 4) is 11.1 Å². The third-order valence-corrected chi connectivity index (χ3v) is 8.40. The average Bonchev–Trinajstić information content (AvgIpc) is 3.02. The Morgan fingerprint density at radius 3 is 2.45 bits per heavy atom. The van der Waals surface area contributed by atoms with E-state index in [1.54, 1.807) is 0 Å². The zero-order valence-electron chi connectivity index (χ0n) is 26.0. The number of carbonyl (C=O) groups is 2. The fourth-order valence-corrected chi connectivity index (χ4v) is 5.90. The summed E-state index contributed by atoms with van der Waals surface area (Å²) in [6.45, 7) is 1.41. The number of hydrogen-bond acceptors (Lipinski definition) is 6. The Balaban J connectivity index is 1.47. The van der Waals surface area contributed by atoms with E-state index in [0.717, 1.165) is 22.8 Å². The smallest absolute Gasteiger partial charge is 0.417 e. The molecule has 3 heterocycles. The number of nitrogens with one attached hydrogen (secondary N) is 1. The Labute approximate surface area is 273 Å². The van der Waals surface area contributed by atoms with Gasteiger partial charge in [-0.1, -0.05) is 18.2 Å². The topological polar surface area (TPSA) is 114 Å². The number of aromatic nitrogens is 2. The summed E-state index contributed by atoms with van der Waals surface area (Å²) in [5.41, 5.74) is -3.96. The maximum atomic E-state index is 15.2. The van der Waals surface area contributed by atoms with Gasteiger partial charge in [-0.05, 0) is 36.8 Å². The Morgan fingerprint density at radius 2 is 1.82 bits per heavy atom. The van der Waals surface area contributed by atoms with Crippen molar-refractivity contribution in [3.63, 3.8) is 0 Å². The predicted octanol–water partition coefficient (Wildman–Crippen LogP) is 5.49. The number of anilines is 1. The molecule has 2 N–H and O–H groups in total. The quantitative estimate of drug-likeness (QED) is 0.223. The molecule has 16 heteroatoms. The molecule has 260 valence electrons. The van der Waals surface area contributed by atoms with Crippen molar-refractivity contribution >= 4 is 28.5 Å². The highest BCUT2D eigenvalue weighted by Crippen LogP contribution is 2.38. The molecule has 0 spiro atoms. The van der Waals surface area contributed by atoms with Gasteiger partial charge >= 0.3 is 12.1 Å². The third-order valence-electron chi connectivity index (χ3n) is 8.40. The second-order valence-electron chi connectivity index (χ2n) is 11.5. The van der Waals surface area contributed by atoms with Gasteiger partial charge in [0.1, 0.15) is 23.2 Å². The van der Waals surface area contributed by atoms with E-state index < -0.39 is 83.3 Å². The van der Waals surface area contributed by atoms with E-state index >= 15 is 8.78 Å². The first-order valence-electron chi connectivity index (χ1n) is 14.9. The average molecular weight is 695 g/mol. The molecule has 2 atom stereocenters. The van der Waals surface area contributed by atoms with E-state index in [-0.39, 0.29) is 53.2 Å². The molecule has 4 aromatic rings. The molecular weight excluding hydrogens is 665 g/mol. The van der Waals surface area contributed by atoms with Crippen LogP contribution >= 0.6 is 0 Å². The maximum absolute atomic E-state index is 15.2. The number of nitrogens with zero attached hydrogens (tertiary/aromatic N) is 3. The molecule has 1 aliphatic heterocycles. The fourth-order valence-electron chi connectivity index (χ4n) is 5.90. The minimum Gasteiger partial charge on any atom is -0.480 e. The lowest BCUT2D eigenvalue weighted by Gasteiger charge is -2.37. The lowest BCUT2D eigenvalue weighted by molar-refractivity contribution is -0.139. The van der Waals surface area contributed by atoms with Gasteiger partial charge in [-0.25, -0.2) is 22.4 Å². The summed E-state index contributed by atoms with van der Waals surface area (Å²) in [6, 6.07) is 5.12. The van der Waals surface area contributed by atoms with Crippen molar-refractivity contribution in [2.75, 3.05) is 24.7 Å². The van der Waals surface area contributed by atoms with Crippen molar-refractivity contribution < 1.29 is 50.2 Å². The van der Waals surface area contributed by atoms with Crippen LogP contribution in [-0.2, 0) is 29.2 Å². The number of carboxylic acid groups (broad SMARTS) is 1. The first kappa shape index (κ1) is 35.3. The molecule has 1 fully saturated rings. The summed E-state index contributed by atoms with van der Waals surface area (Å²) in [7, 11) is 1.32. The highest BCUT2D eigenvalue weighted by Gasteiger charge is 2.37. The molecule has 0 saturated carbocycles. The number of rotatable bonds is 9. The molecule has 2 unspecified atom stereocenters. The van der Waals surface area contributed by atoms with Gasteiger partial charge in [0, 0.05) is 55.0 Å². The summed E-state index contributed by atoms with van der Waals surface area (Å²) in [4.78, 5) is 44.0. The largest absolute Gasteiger partial charge is 0.480 e. The number of benzene rings is 2. The summed E-state index contributed by atoms with van der Waals surface area (Å²) >= 11 is 0. The van der Waals surface area contributed by atoms with Gasteiger partial charge in [-0.15, -0.1) is 0 Å². The van der Waals surface area contributed by atoms with Crippen LogP contribution in [0.1, 0.15) is 33.6 Å². The van der Waals surface area contributed by atoms with Crippen molar-refractivity contribution in [2.45, 2.75) is 44.5 Å². The minimum absolute atomic E-state index is 0.0529. The van der Waals surface area contributed by atoms with Crippen LogP contribution in [0.3, 0.4) is 0 Å². The SMILES string of the molecule is Cc1cc(C(F)(F)F)c(-c2ccc(CC(NC(=O)c3c(F)cc(N4CCOCC4CC(F)F)cc3F)C(=O)O)c3cccnc23)c(=O)n1C. The normalized spacial score (nSPS) is 15.9. The predicted molar refractivity (Wildman–Crippen MR) is 164 cm³/mol. The summed E-state index contributed by atoms with van der Waals surface area (Å²) in [5, 5.41) is 12.2. The lowest BCUT2D eigenvalue weighted by atomic mass is 9.93. The van der Waals surface area contributed by atoms with Crippen molar-refractivity contribution in [2.24, 2.45) is 7.05 Å². The molecule has 5 rings (SSSR count). The number of carbonyl (C=O) groups excluding carboxylic acids is 1. The van der Waals surface area contributed by atoms with Crippen molar-refractivity contribution in [3.05, 3.63) is 93.0 Å². The van der Waals surface area contributed by atoms with E-state index in [1.165, 1.54) is 49.3 Å². The van der Waals surface area contributed by atoms with Crippen LogP contribution in [0.4, 0.5) is 36.4 Å². The van der Waals surface area contributed by atoms with E-state index in [0.29, 0.717) is 0 Å². The van der Waals surface area contributed by atoms with E-state index in [2.05, 4.69) is 10.3 Å². The van der Waals surface area contributed by atoms with Gasteiger partial charge in [-0.3, -0.25) is 14.6 Å². The number of halogens is 7. The number of amides is 1. The molecule has 49 heavy (non-hydrogen) atoms. The Bertz CT molecular complexity index is 1960. The van der Waals surface area contributed by atoms with E-state index in [4.69, 9.17) is 4.74 Å². The molecule has 0 bridgehead atoms. The number of pyridine rings is 2. The number of ether oxygens (including phenoxy) is 1.